The highest BCUT2D eigenvalue weighted by molar-refractivity contribution is 6.10. The molecule has 1 N–H and O–H groups in total. The van der Waals surface area contributed by atoms with E-state index in [2.05, 4.69) is 20.1 Å². The molecule has 9 heteroatoms. The average molecular weight is 465 g/mol. The Bertz CT molecular complexity index is 1130. The van der Waals surface area contributed by atoms with Crippen molar-refractivity contribution in [2.24, 2.45) is 0 Å². The maximum absolute atomic E-state index is 13.2. The van der Waals surface area contributed by atoms with Crippen LogP contribution >= 0.6 is 0 Å². The lowest BCUT2D eigenvalue weighted by Crippen LogP contribution is -2.49. The predicted molar refractivity (Wildman–Crippen MR) is 127 cm³/mol. The summed E-state index contributed by atoms with van der Waals surface area (Å²) < 4.78 is 2.17. The molecule has 2 aliphatic heterocycles. The minimum Gasteiger partial charge on any atom is -0.324 e. The van der Waals surface area contributed by atoms with Gasteiger partial charge in [0.15, 0.2) is 5.82 Å². The van der Waals surface area contributed by atoms with Crippen LogP contribution in [0.2, 0.25) is 0 Å². The zero-order chi connectivity index (χ0) is 23.9. The topological polar surface area (TPSA) is 100 Å². The summed E-state index contributed by atoms with van der Waals surface area (Å²) in [7, 11) is 1.68. The Labute approximate surface area is 199 Å². The molecule has 2 aromatic rings. The normalized spacial score (nSPS) is 19.9. The van der Waals surface area contributed by atoms with E-state index in [-0.39, 0.29) is 18.4 Å². The van der Waals surface area contributed by atoms with Crippen LogP contribution in [0.4, 0.5) is 10.5 Å². The first-order chi connectivity index (χ1) is 16.4. The summed E-state index contributed by atoms with van der Waals surface area (Å²) in [5.74, 6) is 1.18. The van der Waals surface area contributed by atoms with E-state index in [1.165, 1.54) is 6.42 Å². The van der Waals surface area contributed by atoms with Crippen LogP contribution < -0.4 is 5.32 Å². The summed E-state index contributed by atoms with van der Waals surface area (Å²) in [6.07, 6.45) is 8.57. The molecule has 2 fully saturated rings. The molecule has 34 heavy (non-hydrogen) atoms. The smallest absolute Gasteiger partial charge is 0.324 e. The average Bonchev–Trinajstić information content (AvgIpc) is 3.18. The van der Waals surface area contributed by atoms with Crippen LogP contribution in [0.5, 0.6) is 0 Å². The zero-order valence-electron chi connectivity index (χ0n) is 20.0. The minimum absolute atomic E-state index is 0.244. The van der Waals surface area contributed by atoms with Crippen molar-refractivity contribution < 1.29 is 14.4 Å². The monoisotopic (exact) mass is 464 g/mol. The molecular formula is C25H32N6O3. The minimum atomic E-state index is -0.781. The van der Waals surface area contributed by atoms with E-state index in [0.29, 0.717) is 18.5 Å². The van der Waals surface area contributed by atoms with E-state index in [9.17, 15) is 14.4 Å². The van der Waals surface area contributed by atoms with Crippen LogP contribution in [-0.4, -0.2) is 61.5 Å². The van der Waals surface area contributed by atoms with Crippen molar-refractivity contribution in [1.29, 1.82) is 0 Å². The molecule has 3 heterocycles. The number of carbonyl (C=O) groups excluding carboxylic acids is 3. The van der Waals surface area contributed by atoms with Gasteiger partial charge in [0.1, 0.15) is 17.9 Å². The number of aryl methyl sites for hydroxylation is 2. The lowest BCUT2D eigenvalue weighted by molar-refractivity contribution is -0.136. The predicted octanol–water partition coefficient (Wildman–Crippen LogP) is 3.52. The number of anilines is 1. The highest BCUT2D eigenvalue weighted by atomic mass is 16.2. The molecule has 9 nitrogen and oxygen atoms in total. The SMILES string of the molecule is Cc1ccc(-c2nnc3n2CCCCC3)cc1NC(=O)CN1C(=O)N(C)C2(CCCCC2)C1=O. The molecular weight excluding hydrogens is 432 g/mol. The fourth-order valence-electron chi connectivity index (χ4n) is 5.60. The van der Waals surface area contributed by atoms with E-state index in [1.807, 2.05) is 25.1 Å². The number of likely N-dealkylation sites (N-methyl/N-ethyl adjacent to an activating group) is 1. The number of benzene rings is 1. The third kappa shape index (κ3) is 3.76. The van der Waals surface area contributed by atoms with Crippen molar-refractivity contribution in [3.8, 4) is 11.4 Å². The molecule has 0 radical (unpaired) electrons. The van der Waals surface area contributed by atoms with Gasteiger partial charge in [0.2, 0.25) is 5.91 Å². The van der Waals surface area contributed by atoms with Gasteiger partial charge in [-0.25, -0.2) is 4.79 Å². The molecule has 1 saturated carbocycles. The largest absolute Gasteiger partial charge is 0.327 e. The number of nitrogens with one attached hydrogen (secondary N) is 1. The third-order valence-electron chi connectivity index (χ3n) is 7.66. The summed E-state index contributed by atoms with van der Waals surface area (Å²) in [4.78, 5) is 41.7. The molecule has 1 spiro atoms. The van der Waals surface area contributed by atoms with Gasteiger partial charge in [-0.3, -0.25) is 14.5 Å². The van der Waals surface area contributed by atoms with Crippen molar-refractivity contribution >= 4 is 23.5 Å². The fourth-order valence-corrected chi connectivity index (χ4v) is 5.60. The van der Waals surface area contributed by atoms with Crippen LogP contribution in [0.1, 0.15) is 62.8 Å². The molecule has 1 aromatic heterocycles. The molecule has 1 aliphatic carbocycles. The molecule has 0 bridgehead atoms. The molecule has 0 atom stereocenters. The summed E-state index contributed by atoms with van der Waals surface area (Å²) in [6, 6.07) is 5.44. The molecule has 3 aliphatic rings. The molecule has 4 amide bonds. The lowest BCUT2D eigenvalue weighted by Gasteiger charge is -2.35. The molecule has 180 valence electrons. The summed E-state index contributed by atoms with van der Waals surface area (Å²) in [6.45, 7) is 2.52. The quantitative estimate of drug-likeness (QED) is 0.698. The van der Waals surface area contributed by atoms with E-state index in [4.69, 9.17) is 0 Å². The summed E-state index contributed by atoms with van der Waals surface area (Å²) >= 11 is 0. The van der Waals surface area contributed by atoms with E-state index >= 15 is 0 Å². The Balaban J connectivity index is 1.33. The van der Waals surface area contributed by atoms with E-state index in [0.717, 1.165) is 72.7 Å². The van der Waals surface area contributed by atoms with Gasteiger partial charge in [0.25, 0.3) is 5.91 Å². The second-order valence-electron chi connectivity index (χ2n) is 9.81. The Kier molecular flexibility index (Phi) is 5.87. The van der Waals surface area contributed by atoms with Gasteiger partial charge in [0.05, 0.1) is 0 Å². The maximum Gasteiger partial charge on any atom is 0.327 e. The molecule has 0 unspecified atom stereocenters. The van der Waals surface area contributed by atoms with Crippen molar-refractivity contribution in [2.45, 2.75) is 76.8 Å². The number of carbonyl (C=O) groups is 3. The Hall–Kier alpha value is -3.23. The van der Waals surface area contributed by atoms with Crippen LogP contribution in [0.3, 0.4) is 0 Å². The Morgan fingerprint density at radius 2 is 1.82 bits per heavy atom. The highest BCUT2D eigenvalue weighted by Crippen LogP contribution is 2.39. The second-order valence-corrected chi connectivity index (χ2v) is 9.81. The Morgan fingerprint density at radius 1 is 1.06 bits per heavy atom. The third-order valence-corrected chi connectivity index (χ3v) is 7.66. The first kappa shape index (κ1) is 22.6. The maximum atomic E-state index is 13.2. The summed E-state index contributed by atoms with van der Waals surface area (Å²) in [5, 5.41) is 11.7. The van der Waals surface area contributed by atoms with E-state index in [1.54, 1.807) is 11.9 Å². The number of urea groups is 1. The highest BCUT2D eigenvalue weighted by Gasteiger charge is 2.55. The number of imide groups is 1. The van der Waals surface area contributed by atoms with Crippen LogP contribution in [0.15, 0.2) is 18.2 Å². The lowest BCUT2D eigenvalue weighted by atomic mass is 9.81. The van der Waals surface area contributed by atoms with Crippen molar-refractivity contribution in [2.75, 3.05) is 18.9 Å². The van der Waals surface area contributed by atoms with Gasteiger partial charge >= 0.3 is 6.03 Å². The van der Waals surface area contributed by atoms with E-state index < -0.39 is 11.6 Å². The van der Waals surface area contributed by atoms with Crippen molar-refractivity contribution in [1.82, 2.24) is 24.6 Å². The number of hydrogen-bond acceptors (Lipinski definition) is 5. The molecule has 1 saturated heterocycles. The second kappa shape index (κ2) is 8.85. The zero-order valence-corrected chi connectivity index (χ0v) is 20.0. The van der Waals surface area contributed by atoms with Crippen LogP contribution in [-0.2, 0) is 22.6 Å². The number of hydrogen-bond donors (Lipinski definition) is 1. The van der Waals surface area contributed by atoms with Gasteiger partial charge in [-0.2, -0.15) is 0 Å². The van der Waals surface area contributed by atoms with Crippen LogP contribution in [0.25, 0.3) is 11.4 Å². The van der Waals surface area contributed by atoms with Gasteiger partial charge in [-0.1, -0.05) is 37.8 Å². The van der Waals surface area contributed by atoms with Gasteiger partial charge in [-0.05, 0) is 44.2 Å². The molecule has 5 rings (SSSR count). The number of amides is 4. The summed E-state index contributed by atoms with van der Waals surface area (Å²) in [5.41, 5.74) is 1.65. The number of fused-ring (bicyclic) bond motifs is 1. The standard InChI is InChI=1S/C25H32N6O3/c1-17-10-11-18(22-28-27-20-9-5-3-8-14-30(20)22)15-19(17)26-21(32)16-31-23(33)25(29(2)24(31)34)12-6-4-7-13-25/h10-11,15H,3-9,12-14,16H2,1-2H3,(H,26,32). The van der Waals surface area contributed by atoms with Crippen LogP contribution in [0, 0.1) is 6.92 Å². The van der Waals surface area contributed by atoms with Gasteiger partial charge < -0.3 is 14.8 Å². The first-order valence-corrected chi connectivity index (χ1v) is 12.3. The number of rotatable bonds is 4. The van der Waals surface area contributed by atoms with Gasteiger partial charge in [-0.15, -0.1) is 10.2 Å². The number of aromatic nitrogens is 3. The first-order valence-electron chi connectivity index (χ1n) is 12.3. The Morgan fingerprint density at radius 3 is 2.62 bits per heavy atom. The van der Waals surface area contributed by atoms with Crippen molar-refractivity contribution in [3.05, 3.63) is 29.6 Å². The number of nitrogens with zero attached hydrogens (tertiary/aromatic N) is 5. The fraction of sp³-hybridized carbons (Fsp3) is 0.560. The molecule has 1 aromatic carbocycles. The van der Waals surface area contributed by atoms with Gasteiger partial charge in [0, 0.05) is 31.3 Å². The van der Waals surface area contributed by atoms with Crippen molar-refractivity contribution in [3.63, 3.8) is 0 Å².